The van der Waals surface area contributed by atoms with E-state index >= 15 is 0 Å². The van der Waals surface area contributed by atoms with Crippen LogP contribution in [0.3, 0.4) is 0 Å². The van der Waals surface area contributed by atoms with Crippen molar-refractivity contribution < 1.29 is 4.79 Å². The summed E-state index contributed by atoms with van der Waals surface area (Å²) < 4.78 is 1.73. The molecule has 0 fully saturated rings. The summed E-state index contributed by atoms with van der Waals surface area (Å²) in [6.07, 6.45) is 2.73. The number of aromatic nitrogens is 2. The average Bonchev–Trinajstić information content (AvgIpc) is 2.89. The summed E-state index contributed by atoms with van der Waals surface area (Å²) in [7, 11) is 0. The number of carbonyl (C=O) groups is 1. The maximum absolute atomic E-state index is 12.9. The first-order chi connectivity index (χ1) is 11.5. The van der Waals surface area contributed by atoms with Crippen molar-refractivity contribution in [2.24, 2.45) is 0 Å². The third-order valence-corrected chi connectivity index (χ3v) is 4.55. The Balaban J connectivity index is 2.00. The van der Waals surface area contributed by atoms with Crippen molar-refractivity contribution in [2.75, 3.05) is 5.32 Å². The molecule has 3 aromatic rings. The van der Waals surface area contributed by atoms with E-state index in [-0.39, 0.29) is 5.91 Å². The lowest BCUT2D eigenvalue weighted by atomic mass is 9.97. The smallest absolute Gasteiger partial charge is 0.274 e. The van der Waals surface area contributed by atoms with Crippen LogP contribution in [-0.2, 0) is 0 Å². The minimum absolute atomic E-state index is 0.182. The molecule has 4 nitrogen and oxygen atoms in total. The molecule has 2 aromatic heterocycles. The number of fused-ring (bicyclic) bond motifs is 1. The Morgan fingerprint density at radius 3 is 2.79 bits per heavy atom. The molecule has 0 aliphatic carbocycles. The number of amides is 1. The zero-order valence-electron chi connectivity index (χ0n) is 14.0. The number of para-hydroxylation sites is 1. The van der Waals surface area contributed by atoms with Crippen molar-refractivity contribution in [3.63, 3.8) is 0 Å². The SMILES string of the molecule is CCC(C)c1ccccc1NC(=O)c1c(C)nc2ccc(Cl)cn12. The molecule has 0 saturated heterocycles. The van der Waals surface area contributed by atoms with Crippen LogP contribution in [0.5, 0.6) is 0 Å². The minimum Gasteiger partial charge on any atom is -0.320 e. The molecule has 1 aromatic carbocycles. The van der Waals surface area contributed by atoms with Gasteiger partial charge in [0.15, 0.2) is 0 Å². The van der Waals surface area contributed by atoms with Crippen molar-refractivity contribution >= 4 is 28.8 Å². The molecular formula is C19H20ClN3O. The standard InChI is InChI=1S/C19H20ClN3O/c1-4-12(2)15-7-5-6-8-16(15)22-19(24)18-13(3)21-17-10-9-14(20)11-23(17)18/h5-12H,4H2,1-3H3,(H,22,24). The van der Waals surface area contributed by atoms with E-state index in [1.165, 1.54) is 0 Å². The van der Waals surface area contributed by atoms with Crippen LogP contribution in [0, 0.1) is 6.92 Å². The second kappa shape index (κ2) is 6.65. The molecule has 1 N–H and O–H groups in total. The highest BCUT2D eigenvalue weighted by atomic mass is 35.5. The molecule has 3 rings (SSSR count). The zero-order valence-corrected chi connectivity index (χ0v) is 14.8. The molecule has 124 valence electrons. The lowest BCUT2D eigenvalue weighted by molar-refractivity contribution is 0.102. The number of nitrogens with zero attached hydrogens (tertiary/aromatic N) is 2. The zero-order chi connectivity index (χ0) is 17.3. The first kappa shape index (κ1) is 16.5. The molecule has 0 saturated carbocycles. The lowest BCUT2D eigenvalue weighted by Gasteiger charge is -2.15. The fourth-order valence-corrected chi connectivity index (χ4v) is 3.01. The summed E-state index contributed by atoms with van der Waals surface area (Å²) in [6.45, 7) is 6.13. The molecule has 1 unspecified atom stereocenters. The van der Waals surface area contributed by atoms with Crippen LogP contribution in [0.2, 0.25) is 5.02 Å². The number of halogens is 1. The maximum atomic E-state index is 12.9. The fraction of sp³-hybridized carbons (Fsp3) is 0.263. The Morgan fingerprint density at radius 2 is 2.04 bits per heavy atom. The van der Waals surface area contributed by atoms with Crippen LogP contribution in [-0.4, -0.2) is 15.3 Å². The van der Waals surface area contributed by atoms with Gasteiger partial charge in [-0.3, -0.25) is 9.20 Å². The van der Waals surface area contributed by atoms with Gasteiger partial charge >= 0.3 is 0 Å². The van der Waals surface area contributed by atoms with Crippen molar-refractivity contribution in [3.8, 4) is 0 Å². The highest BCUT2D eigenvalue weighted by molar-refractivity contribution is 6.30. The third kappa shape index (κ3) is 3.02. The van der Waals surface area contributed by atoms with E-state index in [4.69, 9.17) is 11.6 Å². The predicted octanol–water partition coefficient (Wildman–Crippen LogP) is 5.06. The third-order valence-electron chi connectivity index (χ3n) is 4.32. The van der Waals surface area contributed by atoms with Crippen LogP contribution in [0.25, 0.3) is 5.65 Å². The highest BCUT2D eigenvalue weighted by Crippen LogP contribution is 2.27. The van der Waals surface area contributed by atoms with E-state index in [2.05, 4.69) is 30.2 Å². The van der Waals surface area contributed by atoms with Crippen molar-refractivity contribution in [3.05, 3.63) is 64.6 Å². The van der Waals surface area contributed by atoms with Gasteiger partial charge in [0.25, 0.3) is 5.91 Å². The Bertz CT molecular complexity index is 901. The van der Waals surface area contributed by atoms with Gasteiger partial charge in [0, 0.05) is 11.9 Å². The molecule has 0 radical (unpaired) electrons. The van der Waals surface area contributed by atoms with Crippen LogP contribution in [0.4, 0.5) is 5.69 Å². The molecule has 5 heteroatoms. The van der Waals surface area contributed by atoms with E-state index in [1.54, 1.807) is 22.7 Å². The Hall–Kier alpha value is -2.33. The normalized spacial score (nSPS) is 12.3. The number of aryl methyl sites for hydroxylation is 1. The highest BCUT2D eigenvalue weighted by Gasteiger charge is 2.18. The first-order valence-electron chi connectivity index (χ1n) is 8.05. The molecule has 2 heterocycles. The maximum Gasteiger partial charge on any atom is 0.274 e. The summed E-state index contributed by atoms with van der Waals surface area (Å²) in [5.41, 5.74) is 3.87. The van der Waals surface area contributed by atoms with E-state index in [1.807, 2.05) is 25.1 Å². The van der Waals surface area contributed by atoms with E-state index in [0.717, 1.165) is 17.7 Å². The number of benzene rings is 1. The van der Waals surface area contributed by atoms with Crippen LogP contribution >= 0.6 is 11.6 Å². The quantitative estimate of drug-likeness (QED) is 0.720. The molecule has 0 bridgehead atoms. The van der Waals surface area contributed by atoms with Crippen LogP contribution in [0.1, 0.15) is 47.9 Å². The van der Waals surface area contributed by atoms with Crippen LogP contribution in [0.15, 0.2) is 42.6 Å². The second-order valence-corrected chi connectivity index (χ2v) is 6.41. The van der Waals surface area contributed by atoms with Gasteiger partial charge in [-0.15, -0.1) is 0 Å². The summed E-state index contributed by atoms with van der Waals surface area (Å²) in [5, 5.41) is 3.60. The molecular weight excluding hydrogens is 322 g/mol. The summed E-state index contributed by atoms with van der Waals surface area (Å²) >= 11 is 6.07. The van der Waals surface area contributed by atoms with Crippen molar-refractivity contribution in [1.82, 2.24) is 9.38 Å². The number of imidazole rings is 1. The number of carbonyl (C=O) groups excluding carboxylic acids is 1. The van der Waals surface area contributed by atoms with E-state index in [9.17, 15) is 4.79 Å². The molecule has 24 heavy (non-hydrogen) atoms. The lowest BCUT2D eigenvalue weighted by Crippen LogP contribution is -2.17. The van der Waals surface area contributed by atoms with Crippen molar-refractivity contribution in [2.45, 2.75) is 33.1 Å². The monoisotopic (exact) mass is 341 g/mol. The topological polar surface area (TPSA) is 46.4 Å². The second-order valence-electron chi connectivity index (χ2n) is 5.97. The Kier molecular flexibility index (Phi) is 4.58. The molecule has 0 spiro atoms. The summed E-state index contributed by atoms with van der Waals surface area (Å²) in [5.74, 6) is 0.192. The number of pyridine rings is 1. The largest absolute Gasteiger partial charge is 0.320 e. The predicted molar refractivity (Wildman–Crippen MR) is 98.0 cm³/mol. The van der Waals surface area contributed by atoms with Gasteiger partial charge in [0.2, 0.25) is 0 Å². The Morgan fingerprint density at radius 1 is 1.29 bits per heavy atom. The summed E-state index contributed by atoms with van der Waals surface area (Å²) in [4.78, 5) is 17.3. The summed E-state index contributed by atoms with van der Waals surface area (Å²) in [6, 6.07) is 11.5. The molecule has 0 aliphatic rings. The minimum atomic E-state index is -0.182. The Labute approximate surface area is 146 Å². The average molecular weight is 342 g/mol. The van der Waals surface area contributed by atoms with Gasteiger partial charge in [-0.25, -0.2) is 4.98 Å². The van der Waals surface area contributed by atoms with Crippen LogP contribution < -0.4 is 5.32 Å². The number of anilines is 1. The number of nitrogens with one attached hydrogen (secondary N) is 1. The number of hydrogen-bond donors (Lipinski definition) is 1. The van der Waals surface area contributed by atoms with Gasteiger partial charge in [-0.1, -0.05) is 43.6 Å². The number of rotatable bonds is 4. The molecule has 1 amide bonds. The van der Waals surface area contributed by atoms with Gasteiger partial charge in [0.1, 0.15) is 11.3 Å². The first-order valence-corrected chi connectivity index (χ1v) is 8.43. The van der Waals surface area contributed by atoms with E-state index < -0.39 is 0 Å². The van der Waals surface area contributed by atoms with Gasteiger partial charge in [0.05, 0.1) is 10.7 Å². The van der Waals surface area contributed by atoms with Gasteiger partial charge in [-0.05, 0) is 43.0 Å². The fourth-order valence-electron chi connectivity index (χ4n) is 2.85. The number of hydrogen-bond acceptors (Lipinski definition) is 2. The van der Waals surface area contributed by atoms with Gasteiger partial charge < -0.3 is 5.32 Å². The van der Waals surface area contributed by atoms with Gasteiger partial charge in [-0.2, -0.15) is 0 Å². The van der Waals surface area contributed by atoms with Crippen molar-refractivity contribution in [1.29, 1.82) is 0 Å². The molecule has 1 atom stereocenters. The van der Waals surface area contributed by atoms with E-state index in [0.29, 0.717) is 28.0 Å². The molecule has 0 aliphatic heterocycles.